The van der Waals surface area contributed by atoms with E-state index in [4.69, 9.17) is 4.42 Å². The third-order valence-corrected chi connectivity index (χ3v) is 5.70. The van der Waals surface area contributed by atoms with Crippen molar-refractivity contribution in [1.29, 1.82) is 0 Å². The molecule has 0 bridgehead atoms. The number of nitrogens with zero attached hydrogens (tertiary/aromatic N) is 4. The van der Waals surface area contributed by atoms with E-state index < -0.39 is 0 Å². The van der Waals surface area contributed by atoms with E-state index in [1.807, 2.05) is 41.8 Å². The van der Waals surface area contributed by atoms with Crippen LogP contribution < -0.4 is 5.32 Å². The van der Waals surface area contributed by atoms with Gasteiger partial charge in [0.1, 0.15) is 5.58 Å². The molecule has 0 saturated heterocycles. The number of fused-ring (bicyclic) bond motifs is 1. The molecule has 1 aliphatic rings. The molecular weight excluding hydrogens is 370 g/mol. The van der Waals surface area contributed by atoms with Crippen molar-refractivity contribution in [2.45, 2.75) is 18.6 Å². The highest BCUT2D eigenvalue weighted by Gasteiger charge is 2.18. The van der Waals surface area contributed by atoms with Gasteiger partial charge in [-0.1, -0.05) is 41.7 Å². The molecule has 4 rings (SSSR count). The molecule has 0 unspecified atom stereocenters. The quantitative estimate of drug-likeness (QED) is 0.678. The molecule has 0 fully saturated rings. The Kier molecular flexibility index (Phi) is 4.98. The highest BCUT2D eigenvalue weighted by atomic mass is 32.2. The fourth-order valence-electron chi connectivity index (χ4n) is 2.65. The van der Waals surface area contributed by atoms with E-state index in [1.165, 1.54) is 11.8 Å². The van der Waals surface area contributed by atoms with Crippen LogP contribution in [0.15, 0.2) is 44.9 Å². The molecule has 0 saturated carbocycles. The Labute approximate surface area is 158 Å². The second kappa shape index (κ2) is 7.55. The maximum atomic E-state index is 12.1. The predicted molar refractivity (Wildman–Crippen MR) is 105 cm³/mol. The van der Waals surface area contributed by atoms with E-state index in [0.29, 0.717) is 28.5 Å². The molecule has 0 aliphatic carbocycles. The third kappa shape index (κ3) is 3.49. The third-order valence-electron chi connectivity index (χ3n) is 3.84. The molecule has 0 atom stereocenters. The van der Waals surface area contributed by atoms with E-state index in [9.17, 15) is 4.79 Å². The van der Waals surface area contributed by atoms with Crippen LogP contribution in [0.25, 0.3) is 22.6 Å². The maximum absolute atomic E-state index is 12.1. The number of thioether (sulfide) groups is 2. The van der Waals surface area contributed by atoms with Crippen LogP contribution in [0.5, 0.6) is 0 Å². The van der Waals surface area contributed by atoms with E-state index in [2.05, 4.69) is 20.5 Å². The number of aromatic nitrogens is 3. The van der Waals surface area contributed by atoms with Crippen molar-refractivity contribution in [3.63, 3.8) is 0 Å². The average Bonchev–Trinajstić information content (AvgIpc) is 3.38. The second-order valence-corrected chi connectivity index (χ2v) is 7.60. The first-order chi connectivity index (χ1) is 12.7. The number of nitrogens with one attached hydrogen (secondary N) is 1. The highest BCUT2D eigenvalue weighted by Crippen LogP contribution is 2.29. The summed E-state index contributed by atoms with van der Waals surface area (Å²) in [6, 6.07) is 9.79. The topological polar surface area (TPSA) is 85.3 Å². The molecule has 0 radical (unpaired) electrons. The second-order valence-electron chi connectivity index (χ2n) is 5.57. The Hall–Kier alpha value is -2.26. The first kappa shape index (κ1) is 17.2. The summed E-state index contributed by atoms with van der Waals surface area (Å²) >= 11 is 2.92. The zero-order chi connectivity index (χ0) is 17.9. The van der Waals surface area contributed by atoms with Gasteiger partial charge in [-0.25, -0.2) is 0 Å². The molecule has 134 valence electrons. The van der Waals surface area contributed by atoms with Gasteiger partial charge in [-0.05, 0) is 19.1 Å². The zero-order valence-corrected chi connectivity index (χ0v) is 15.8. The van der Waals surface area contributed by atoms with Crippen LogP contribution >= 0.6 is 23.5 Å². The number of amides is 1. The van der Waals surface area contributed by atoms with Crippen LogP contribution in [0.2, 0.25) is 0 Å². The van der Waals surface area contributed by atoms with E-state index in [0.717, 1.165) is 23.3 Å². The largest absolute Gasteiger partial charge is 0.453 e. The van der Waals surface area contributed by atoms with Crippen molar-refractivity contribution in [1.82, 2.24) is 20.1 Å². The molecule has 26 heavy (non-hydrogen) atoms. The molecule has 3 aromatic rings. The van der Waals surface area contributed by atoms with Crippen molar-refractivity contribution < 1.29 is 9.21 Å². The molecule has 9 heteroatoms. The summed E-state index contributed by atoms with van der Waals surface area (Å²) in [7, 11) is 0. The first-order valence-corrected chi connectivity index (χ1v) is 10.2. The Morgan fingerprint density at radius 2 is 2.27 bits per heavy atom. The summed E-state index contributed by atoms with van der Waals surface area (Å²) in [6.07, 6.45) is 0. The van der Waals surface area contributed by atoms with Crippen LogP contribution in [0.3, 0.4) is 0 Å². The van der Waals surface area contributed by atoms with Gasteiger partial charge in [-0.3, -0.25) is 14.4 Å². The number of para-hydroxylation sites is 1. The molecule has 1 aromatic carbocycles. The number of amidine groups is 1. The van der Waals surface area contributed by atoms with Crippen molar-refractivity contribution in [2.75, 3.05) is 18.1 Å². The van der Waals surface area contributed by atoms with Gasteiger partial charge < -0.3 is 9.73 Å². The van der Waals surface area contributed by atoms with Gasteiger partial charge >= 0.3 is 0 Å². The summed E-state index contributed by atoms with van der Waals surface area (Å²) in [5.74, 6) is 2.45. The van der Waals surface area contributed by atoms with Gasteiger partial charge in [0.2, 0.25) is 11.7 Å². The normalized spacial score (nSPS) is 14.0. The summed E-state index contributed by atoms with van der Waals surface area (Å²) in [4.78, 5) is 16.3. The lowest BCUT2D eigenvalue weighted by Gasteiger charge is -2.06. The highest BCUT2D eigenvalue weighted by molar-refractivity contribution is 8.14. The van der Waals surface area contributed by atoms with Gasteiger partial charge in [0.25, 0.3) is 0 Å². The van der Waals surface area contributed by atoms with Crippen LogP contribution in [0.4, 0.5) is 0 Å². The number of hydrogen-bond acceptors (Lipinski definition) is 7. The number of furan rings is 1. The fourth-order valence-corrected chi connectivity index (χ4v) is 4.20. The zero-order valence-electron chi connectivity index (χ0n) is 14.1. The summed E-state index contributed by atoms with van der Waals surface area (Å²) in [6.45, 7) is 3.47. The molecule has 1 N–H and O–H groups in total. The SMILES string of the molecule is CCn1c(SCC(=O)NC2=NCCS2)nnc1-c1cc2ccccc2o1. The molecule has 0 spiro atoms. The van der Waals surface area contributed by atoms with Gasteiger partial charge in [0, 0.05) is 17.7 Å². The van der Waals surface area contributed by atoms with Gasteiger partial charge in [-0.15, -0.1) is 10.2 Å². The Balaban J connectivity index is 1.50. The first-order valence-electron chi connectivity index (χ1n) is 8.26. The van der Waals surface area contributed by atoms with E-state index in [-0.39, 0.29) is 11.7 Å². The van der Waals surface area contributed by atoms with Crippen LogP contribution in [-0.4, -0.2) is 43.9 Å². The standard InChI is InChI=1S/C17H17N5O2S2/c1-2-22-15(13-9-11-5-3-4-6-12(11)24-13)20-21-17(22)26-10-14(23)19-16-18-7-8-25-16/h3-6,9H,2,7-8,10H2,1H3,(H,18,19,23). The Morgan fingerprint density at radius 1 is 1.38 bits per heavy atom. The van der Waals surface area contributed by atoms with Crippen molar-refractivity contribution >= 4 is 45.6 Å². The molecule has 1 aliphatic heterocycles. The number of carbonyl (C=O) groups is 1. The number of benzene rings is 1. The van der Waals surface area contributed by atoms with Crippen molar-refractivity contribution in [2.24, 2.45) is 4.99 Å². The minimum atomic E-state index is -0.0842. The lowest BCUT2D eigenvalue weighted by Crippen LogP contribution is -2.29. The maximum Gasteiger partial charge on any atom is 0.236 e. The molecule has 2 aromatic heterocycles. The van der Waals surface area contributed by atoms with Crippen LogP contribution in [0.1, 0.15) is 6.92 Å². The Morgan fingerprint density at radius 3 is 3.04 bits per heavy atom. The van der Waals surface area contributed by atoms with Crippen molar-refractivity contribution in [3.05, 3.63) is 30.3 Å². The minimum absolute atomic E-state index is 0.0842. The molecule has 1 amide bonds. The molecular formula is C17H17N5O2S2. The number of hydrogen-bond donors (Lipinski definition) is 1. The number of aliphatic imine (C=N–C) groups is 1. The van der Waals surface area contributed by atoms with E-state index >= 15 is 0 Å². The monoisotopic (exact) mass is 387 g/mol. The summed E-state index contributed by atoms with van der Waals surface area (Å²) < 4.78 is 7.85. The van der Waals surface area contributed by atoms with Gasteiger partial charge in [-0.2, -0.15) is 0 Å². The smallest absolute Gasteiger partial charge is 0.236 e. The number of carbonyl (C=O) groups excluding carboxylic acids is 1. The van der Waals surface area contributed by atoms with E-state index in [1.54, 1.807) is 11.8 Å². The summed E-state index contributed by atoms with van der Waals surface area (Å²) in [5, 5.41) is 13.8. The minimum Gasteiger partial charge on any atom is -0.453 e. The lowest BCUT2D eigenvalue weighted by atomic mass is 10.2. The van der Waals surface area contributed by atoms with Crippen molar-refractivity contribution in [3.8, 4) is 11.6 Å². The molecule has 3 heterocycles. The lowest BCUT2D eigenvalue weighted by molar-refractivity contribution is -0.117. The molecule has 7 nitrogen and oxygen atoms in total. The average molecular weight is 387 g/mol. The Bertz CT molecular complexity index is 946. The number of rotatable bonds is 5. The fraction of sp³-hybridized carbons (Fsp3) is 0.294. The summed E-state index contributed by atoms with van der Waals surface area (Å²) in [5.41, 5.74) is 0.816. The van der Waals surface area contributed by atoms with Gasteiger partial charge in [0.15, 0.2) is 16.1 Å². The predicted octanol–water partition coefficient (Wildman–Crippen LogP) is 3.02. The van der Waals surface area contributed by atoms with Crippen LogP contribution in [0, 0.1) is 0 Å². The van der Waals surface area contributed by atoms with Crippen LogP contribution in [-0.2, 0) is 11.3 Å². The van der Waals surface area contributed by atoms with Gasteiger partial charge in [0.05, 0.1) is 12.3 Å².